The second-order valence-corrected chi connectivity index (χ2v) is 8.99. The van der Waals surface area contributed by atoms with Gasteiger partial charge in [0.1, 0.15) is 12.0 Å². The molecule has 4 rings (SSSR count). The van der Waals surface area contributed by atoms with Gasteiger partial charge >= 0.3 is 0 Å². The van der Waals surface area contributed by atoms with Crippen LogP contribution in [0.1, 0.15) is 62.9 Å². The summed E-state index contributed by atoms with van der Waals surface area (Å²) in [5.41, 5.74) is 1.24. The number of likely N-dealkylation sites (tertiary alicyclic amines) is 1. The van der Waals surface area contributed by atoms with Gasteiger partial charge in [-0.15, -0.1) is 0 Å². The molecule has 2 fully saturated rings. The summed E-state index contributed by atoms with van der Waals surface area (Å²) < 4.78 is 11.5. The highest BCUT2D eigenvalue weighted by Crippen LogP contribution is 2.30. The number of hydrogen-bond donors (Lipinski definition) is 0. The molecule has 168 valence electrons. The zero-order valence-corrected chi connectivity index (χ0v) is 18.9. The van der Waals surface area contributed by atoms with Gasteiger partial charge in [0.05, 0.1) is 6.61 Å². The van der Waals surface area contributed by atoms with Crippen LogP contribution in [0.15, 0.2) is 34.9 Å². The van der Waals surface area contributed by atoms with Crippen LogP contribution in [-0.4, -0.2) is 59.5 Å². The largest absolute Gasteiger partial charge is 0.494 e. The Kier molecular flexibility index (Phi) is 7.28. The number of ether oxygens (including phenoxy) is 1. The van der Waals surface area contributed by atoms with Crippen LogP contribution in [0.3, 0.4) is 0 Å². The van der Waals surface area contributed by atoms with E-state index in [1.165, 1.54) is 38.5 Å². The van der Waals surface area contributed by atoms with Gasteiger partial charge in [-0.1, -0.05) is 6.92 Å². The van der Waals surface area contributed by atoms with E-state index in [-0.39, 0.29) is 5.91 Å². The average Bonchev–Trinajstić information content (AvgIpc) is 3.29. The molecule has 1 saturated heterocycles. The van der Waals surface area contributed by atoms with Crippen LogP contribution in [0.4, 0.5) is 0 Å². The van der Waals surface area contributed by atoms with Crippen LogP contribution in [0.2, 0.25) is 0 Å². The molecule has 1 unspecified atom stereocenters. The minimum absolute atomic E-state index is 0.0315. The Balaban J connectivity index is 1.28. The van der Waals surface area contributed by atoms with E-state index in [4.69, 9.17) is 9.15 Å². The third-order valence-electron chi connectivity index (χ3n) is 6.33. The van der Waals surface area contributed by atoms with Gasteiger partial charge in [0.2, 0.25) is 5.89 Å². The lowest BCUT2D eigenvalue weighted by atomic mass is 10.2. The maximum Gasteiger partial charge on any atom is 0.275 e. The van der Waals surface area contributed by atoms with Crippen LogP contribution in [0, 0.1) is 5.92 Å². The Morgan fingerprint density at radius 1 is 1.26 bits per heavy atom. The second kappa shape index (κ2) is 10.3. The third-order valence-corrected chi connectivity index (χ3v) is 6.33. The molecular formula is C25H35N3O3. The molecule has 2 aromatic rings. The highest BCUT2D eigenvalue weighted by atomic mass is 16.5. The Bertz CT molecular complexity index is 844. The summed E-state index contributed by atoms with van der Waals surface area (Å²) in [6.07, 6.45) is 8.54. The highest BCUT2D eigenvalue weighted by molar-refractivity contribution is 5.92. The predicted octanol–water partition coefficient (Wildman–Crippen LogP) is 4.86. The molecule has 1 saturated carbocycles. The maximum absolute atomic E-state index is 12.8. The van der Waals surface area contributed by atoms with Gasteiger partial charge in [-0.05, 0) is 82.2 Å². The quantitative estimate of drug-likeness (QED) is 0.481. The number of amides is 1. The first kappa shape index (κ1) is 21.9. The molecule has 1 atom stereocenters. The van der Waals surface area contributed by atoms with E-state index in [9.17, 15) is 4.79 Å². The van der Waals surface area contributed by atoms with Crippen LogP contribution < -0.4 is 4.74 Å². The van der Waals surface area contributed by atoms with E-state index < -0.39 is 0 Å². The fourth-order valence-corrected chi connectivity index (χ4v) is 4.30. The summed E-state index contributed by atoms with van der Waals surface area (Å²) in [5.74, 6) is 1.95. The molecule has 1 aliphatic carbocycles. The van der Waals surface area contributed by atoms with Gasteiger partial charge in [0, 0.05) is 31.2 Å². The van der Waals surface area contributed by atoms with Crippen molar-refractivity contribution in [2.24, 2.45) is 5.92 Å². The molecule has 0 radical (unpaired) electrons. The van der Waals surface area contributed by atoms with Crippen molar-refractivity contribution < 1.29 is 13.9 Å². The topological polar surface area (TPSA) is 58.8 Å². The molecule has 0 spiro atoms. The maximum atomic E-state index is 12.8. The van der Waals surface area contributed by atoms with Crippen molar-refractivity contribution in [2.45, 2.75) is 58.4 Å². The first-order valence-corrected chi connectivity index (χ1v) is 11.9. The first-order chi connectivity index (χ1) is 15.1. The molecule has 1 aromatic carbocycles. The summed E-state index contributed by atoms with van der Waals surface area (Å²) in [6.45, 7) is 9.03. The molecule has 31 heavy (non-hydrogen) atoms. The summed E-state index contributed by atoms with van der Waals surface area (Å²) in [6, 6.07) is 8.46. The Hall–Kier alpha value is -2.34. The standard InChI is InChI=1S/C25H35N3O3/c1-3-13-28(17-20-7-8-20)25(29)23-18-31-24(26-23)21-9-11-22(12-10-21)30-16-5-15-27-14-4-6-19(27)2/h9-12,18-20H,3-8,13-17H2,1-2H3. The molecule has 0 bridgehead atoms. The van der Waals surface area contributed by atoms with Crippen LogP contribution in [-0.2, 0) is 0 Å². The zero-order valence-electron chi connectivity index (χ0n) is 18.9. The fraction of sp³-hybridized carbons (Fsp3) is 0.600. The number of hydrogen-bond acceptors (Lipinski definition) is 5. The summed E-state index contributed by atoms with van der Waals surface area (Å²) >= 11 is 0. The molecule has 0 N–H and O–H groups in total. The minimum Gasteiger partial charge on any atom is -0.494 e. The second-order valence-electron chi connectivity index (χ2n) is 8.99. The smallest absolute Gasteiger partial charge is 0.275 e. The number of oxazole rings is 1. The molecule has 1 aromatic heterocycles. The minimum atomic E-state index is -0.0315. The van der Waals surface area contributed by atoms with Gasteiger partial charge in [-0.2, -0.15) is 0 Å². The molecule has 1 aliphatic heterocycles. The number of aromatic nitrogens is 1. The lowest BCUT2D eigenvalue weighted by Gasteiger charge is -2.20. The number of rotatable bonds is 11. The zero-order chi connectivity index (χ0) is 21.6. The SMILES string of the molecule is CCCN(CC1CC1)C(=O)c1coc(-c2ccc(OCCCN3CCCC3C)cc2)n1. The predicted molar refractivity (Wildman–Crippen MR) is 121 cm³/mol. The monoisotopic (exact) mass is 425 g/mol. The molecule has 1 amide bonds. The van der Waals surface area contributed by atoms with Crippen molar-refractivity contribution in [1.29, 1.82) is 0 Å². The van der Waals surface area contributed by atoms with Crippen molar-refractivity contribution in [3.8, 4) is 17.2 Å². The van der Waals surface area contributed by atoms with Gasteiger partial charge < -0.3 is 19.0 Å². The van der Waals surface area contributed by atoms with Crippen molar-refractivity contribution in [3.05, 3.63) is 36.2 Å². The Morgan fingerprint density at radius 3 is 2.74 bits per heavy atom. The van der Waals surface area contributed by atoms with E-state index in [0.717, 1.165) is 43.8 Å². The van der Waals surface area contributed by atoms with E-state index in [2.05, 4.69) is 23.7 Å². The number of nitrogens with zero attached hydrogens (tertiary/aromatic N) is 3. The first-order valence-electron chi connectivity index (χ1n) is 11.9. The van der Waals surface area contributed by atoms with Gasteiger partial charge in [-0.3, -0.25) is 4.79 Å². The average molecular weight is 426 g/mol. The van der Waals surface area contributed by atoms with Crippen LogP contribution in [0.25, 0.3) is 11.5 Å². The van der Waals surface area contributed by atoms with Crippen molar-refractivity contribution in [2.75, 3.05) is 32.8 Å². The van der Waals surface area contributed by atoms with E-state index in [1.54, 1.807) is 0 Å². The Labute approximate surface area is 185 Å². The van der Waals surface area contributed by atoms with Gasteiger partial charge in [-0.25, -0.2) is 4.98 Å². The number of benzene rings is 1. The summed E-state index contributed by atoms with van der Waals surface area (Å²) in [4.78, 5) is 21.8. The molecule has 6 nitrogen and oxygen atoms in total. The molecular weight excluding hydrogens is 390 g/mol. The van der Waals surface area contributed by atoms with E-state index >= 15 is 0 Å². The fourth-order valence-electron chi connectivity index (χ4n) is 4.30. The summed E-state index contributed by atoms with van der Waals surface area (Å²) in [5, 5.41) is 0. The third kappa shape index (κ3) is 5.88. The van der Waals surface area contributed by atoms with Gasteiger partial charge in [0.25, 0.3) is 5.91 Å². The number of carbonyl (C=O) groups is 1. The highest BCUT2D eigenvalue weighted by Gasteiger charge is 2.28. The van der Waals surface area contributed by atoms with Gasteiger partial charge in [0.15, 0.2) is 5.69 Å². The van der Waals surface area contributed by atoms with Crippen LogP contribution in [0.5, 0.6) is 5.75 Å². The van der Waals surface area contributed by atoms with E-state index in [0.29, 0.717) is 30.2 Å². The van der Waals surface area contributed by atoms with Crippen molar-refractivity contribution >= 4 is 5.91 Å². The summed E-state index contributed by atoms with van der Waals surface area (Å²) in [7, 11) is 0. The van der Waals surface area contributed by atoms with E-state index in [1.807, 2.05) is 29.2 Å². The van der Waals surface area contributed by atoms with Crippen LogP contribution >= 0.6 is 0 Å². The molecule has 2 heterocycles. The normalized spacial score (nSPS) is 19.0. The van der Waals surface area contributed by atoms with Crippen molar-refractivity contribution in [1.82, 2.24) is 14.8 Å². The lowest BCUT2D eigenvalue weighted by Crippen LogP contribution is -2.33. The number of carbonyl (C=O) groups excluding carboxylic acids is 1. The van der Waals surface area contributed by atoms with Crippen molar-refractivity contribution in [3.63, 3.8) is 0 Å². The lowest BCUT2D eigenvalue weighted by molar-refractivity contribution is 0.0742. The Morgan fingerprint density at radius 2 is 2.06 bits per heavy atom. The molecule has 2 aliphatic rings. The molecule has 6 heteroatoms.